The molecule has 5 nitrogen and oxygen atoms in total. The number of rotatable bonds is 6. The third-order valence-electron chi connectivity index (χ3n) is 5.75. The lowest BCUT2D eigenvalue weighted by Crippen LogP contribution is -2.34. The number of aliphatic hydroxyl groups is 1. The first-order chi connectivity index (χ1) is 12.1. The Hall–Kier alpha value is -0.850. The molecule has 0 unspecified atom stereocenters. The van der Waals surface area contributed by atoms with Crippen LogP contribution >= 0.6 is 24.8 Å². The maximum atomic E-state index is 12.3. The third-order valence-corrected chi connectivity index (χ3v) is 5.75. The fourth-order valence-electron chi connectivity index (χ4n) is 4.10. The molecule has 0 radical (unpaired) electrons. The van der Waals surface area contributed by atoms with Crippen LogP contribution in [0.15, 0.2) is 24.3 Å². The summed E-state index contributed by atoms with van der Waals surface area (Å²) >= 11 is 0. The zero-order chi connectivity index (χ0) is 17.6. The normalized spacial score (nSPS) is 23.3. The van der Waals surface area contributed by atoms with E-state index in [1.807, 2.05) is 12.1 Å². The summed E-state index contributed by atoms with van der Waals surface area (Å²) in [5.74, 6) is 0.864. The van der Waals surface area contributed by atoms with Crippen molar-refractivity contribution in [1.82, 2.24) is 4.90 Å². The van der Waals surface area contributed by atoms with Crippen LogP contribution in [0.2, 0.25) is 0 Å². The molecule has 4 N–H and O–H groups in total. The first-order valence-electron chi connectivity index (χ1n) is 9.61. The van der Waals surface area contributed by atoms with Gasteiger partial charge in [0, 0.05) is 31.3 Å². The van der Waals surface area contributed by atoms with Crippen LogP contribution in [-0.4, -0.2) is 41.7 Å². The van der Waals surface area contributed by atoms with E-state index < -0.39 is 0 Å². The number of nitrogens with one attached hydrogen (secondary N) is 1. The maximum Gasteiger partial charge on any atom is 0.224 e. The second-order valence-corrected chi connectivity index (χ2v) is 7.71. The zero-order valence-corrected chi connectivity index (χ0v) is 17.4. The second-order valence-electron chi connectivity index (χ2n) is 7.71. The van der Waals surface area contributed by atoms with Crippen LogP contribution in [0.3, 0.4) is 0 Å². The van der Waals surface area contributed by atoms with Crippen LogP contribution in [0, 0.1) is 11.8 Å². The highest BCUT2D eigenvalue weighted by Gasteiger charge is 2.26. The van der Waals surface area contributed by atoms with Gasteiger partial charge in [0.05, 0.1) is 0 Å². The average Bonchev–Trinajstić information content (AvgIpc) is 3.00. The summed E-state index contributed by atoms with van der Waals surface area (Å²) in [6.45, 7) is 3.26. The van der Waals surface area contributed by atoms with E-state index in [0.29, 0.717) is 24.9 Å². The van der Waals surface area contributed by atoms with Gasteiger partial charge in [-0.1, -0.05) is 18.6 Å². The minimum atomic E-state index is 0. The molecular weight excluding hydrogens is 385 g/mol. The van der Waals surface area contributed by atoms with Gasteiger partial charge in [-0.3, -0.25) is 9.69 Å². The van der Waals surface area contributed by atoms with Crippen LogP contribution in [-0.2, 0) is 11.3 Å². The second kappa shape index (κ2) is 11.9. The molecule has 27 heavy (non-hydrogen) atoms. The van der Waals surface area contributed by atoms with Gasteiger partial charge in [-0.2, -0.15) is 0 Å². The van der Waals surface area contributed by atoms with Gasteiger partial charge in [0.15, 0.2) is 0 Å². The number of carbonyl (C=O) groups excluding carboxylic acids is 1. The number of benzene rings is 1. The number of amides is 1. The number of anilines is 1. The molecule has 7 heteroatoms. The molecule has 154 valence electrons. The Bertz CT molecular complexity index is 580. The van der Waals surface area contributed by atoms with Crippen molar-refractivity contribution >= 4 is 36.4 Å². The summed E-state index contributed by atoms with van der Waals surface area (Å²) in [5, 5.41) is 12.3. The first kappa shape index (κ1) is 24.2. The number of carbonyl (C=O) groups is 1. The van der Waals surface area contributed by atoms with Crippen molar-refractivity contribution in [2.24, 2.45) is 17.6 Å². The Kier molecular flexibility index (Phi) is 10.6. The van der Waals surface area contributed by atoms with Crippen LogP contribution in [0.5, 0.6) is 0 Å². The Balaban J connectivity index is 0.00000182. The van der Waals surface area contributed by atoms with E-state index in [9.17, 15) is 9.90 Å². The molecule has 1 saturated carbocycles. The molecule has 1 saturated heterocycles. The molecule has 0 spiro atoms. The molecule has 0 bridgehead atoms. The molecule has 2 atom stereocenters. The number of hydrogen-bond donors (Lipinski definition) is 3. The van der Waals surface area contributed by atoms with E-state index in [-0.39, 0.29) is 36.8 Å². The van der Waals surface area contributed by atoms with Gasteiger partial charge in [-0.25, -0.2) is 0 Å². The van der Waals surface area contributed by atoms with Crippen molar-refractivity contribution in [2.45, 2.75) is 51.1 Å². The number of piperidine rings is 1. The van der Waals surface area contributed by atoms with Gasteiger partial charge < -0.3 is 16.2 Å². The summed E-state index contributed by atoms with van der Waals surface area (Å²) in [4.78, 5) is 14.7. The van der Waals surface area contributed by atoms with Crippen molar-refractivity contribution in [2.75, 3.05) is 25.0 Å². The van der Waals surface area contributed by atoms with Gasteiger partial charge in [-0.15, -0.1) is 24.8 Å². The summed E-state index contributed by atoms with van der Waals surface area (Å²) in [5.41, 5.74) is 8.16. The van der Waals surface area contributed by atoms with Crippen LogP contribution in [0.4, 0.5) is 5.69 Å². The Morgan fingerprint density at radius 1 is 1.19 bits per heavy atom. The first-order valence-corrected chi connectivity index (χ1v) is 9.61. The molecule has 3 rings (SSSR count). The van der Waals surface area contributed by atoms with Gasteiger partial charge in [0.1, 0.15) is 0 Å². The minimum Gasteiger partial charge on any atom is -0.396 e. The Morgan fingerprint density at radius 2 is 1.93 bits per heavy atom. The SMILES string of the molecule is Cl.Cl.N[C@@H]1CCC[C@H]1CC(=O)Nc1cccc(CN2CCC(CO)CC2)c1. The summed E-state index contributed by atoms with van der Waals surface area (Å²) in [7, 11) is 0. The van der Waals surface area contributed by atoms with Crippen molar-refractivity contribution in [3.63, 3.8) is 0 Å². The Morgan fingerprint density at radius 3 is 2.56 bits per heavy atom. The van der Waals surface area contributed by atoms with E-state index >= 15 is 0 Å². The van der Waals surface area contributed by atoms with Crippen LogP contribution in [0.1, 0.15) is 44.1 Å². The molecule has 1 aliphatic carbocycles. The van der Waals surface area contributed by atoms with Crippen molar-refractivity contribution < 1.29 is 9.90 Å². The van der Waals surface area contributed by atoms with E-state index in [2.05, 4.69) is 22.3 Å². The number of likely N-dealkylation sites (tertiary alicyclic amines) is 1. The van der Waals surface area contributed by atoms with E-state index in [0.717, 1.165) is 57.4 Å². The molecule has 0 aromatic heterocycles. The average molecular weight is 418 g/mol. The minimum absolute atomic E-state index is 0. The summed E-state index contributed by atoms with van der Waals surface area (Å²) < 4.78 is 0. The topological polar surface area (TPSA) is 78.6 Å². The largest absolute Gasteiger partial charge is 0.396 e. The highest BCUT2D eigenvalue weighted by molar-refractivity contribution is 5.91. The maximum absolute atomic E-state index is 12.3. The Labute approximate surface area is 174 Å². The highest BCUT2D eigenvalue weighted by atomic mass is 35.5. The lowest BCUT2D eigenvalue weighted by molar-refractivity contribution is -0.117. The number of nitrogens with two attached hydrogens (primary N) is 1. The summed E-state index contributed by atoms with van der Waals surface area (Å²) in [6, 6.07) is 8.32. The van der Waals surface area contributed by atoms with Gasteiger partial charge in [-0.05, 0) is 68.3 Å². The number of halogens is 2. The highest BCUT2D eigenvalue weighted by Crippen LogP contribution is 2.27. The monoisotopic (exact) mass is 417 g/mol. The fourth-order valence-corrected chi connectivity index (χ4v) is 4.10. The zero-order valence-electron chi connectivity index (χ0n) is 15.8. The van der Waals surface area contributed by atoms with Gasteiger partial charge in [0.25, 0.3) is 0 Å². The van der Waals surface area contributed by atoms with Crippen molar-refractivity contribution in [3.8, 4) is 0 Å². The smallest absolute Gasteiger partial charge is 0.224 e. The molecule has 2 fully saturated rings. The van der Waals surface area contributed by atoms with Gasteiger partial charge >= 0.3 is 0 Å². The fraction of sp³-hybridized carbons (Fsp3) is 0.650. The molecular formula is C20H33Cl2N3O2. The molecule has 1 aliphatic heterocycles. The third kappa shape index (κ3) is 7.24. The molecule has 1 heterocycles. The number of hydrogen-bond acceptors (Lipinski definition) is 4. The summed E-state index contributed by atoms with van der Waals surface area (Å²) in [6.07, 6.45) is 5.91. The van der Waals surface area contributed by atoms with Gasteiger partial charge in [0.2, 0.25) is 5.91 Å². The molecule has 2 aliphatic rings. The van der Waals surface area contributed by atoms with Crippen molar-refractivity contribution in [1.29, 1.82) is 0 Å². The lowest BCUT2D eigenvalue weighted by Gasteiger charge is -2.31. The predicted octanol–water partition coefficient (Wildman–Crippen LogP) is 3.19. The van der Waals surface area contributed by atoms with Crippen LogP contribution < -0.4 is 11.1 Å². The van der Waals surface area contributed by atoms with Crippen molar-refractivity contribution in [3.05, 3.63) is 29.8 Å². The van der Waals surface area contributed by atoms with E-state index in [4.69, 9.17) is 5.73 Å². The number of aliphatic hydroxyl groups excluding tert-OH is 1. The molecule has 1 aromatic rings. The number of nitrogens with zero attached hydrogens (tertiary/aromatic N) is 1. The molecule has 1 amide bonds. The lowest BCUT2D eigenvalue weighted by atomic mass is 9.97. The van der Waals surface area contributed by atoms with Crippen LogP contribution in [0.25, 0.3) is 0 Å². The predicted molar refractivity (Wildman–Crippen MR) is 115 cm³/mol. The standard InChI is InChI=1S/C20H31N3O2.2ClH/c21-19-6-2-4-17(19)12-20(25)22-18-5-1-3-16(11-18)13-23-9-7-15(14-24)8-10-23;;/h1,3,5,11,15,17,19,24H,2,4,6-10,12-14,21H2,(H,22,25);2*1H/t17-,19+;;/m0../s1. The van der Waals surface area contributed by atoms with E-state index in [1.165, 1.54) is 5.56 Å². The quantitative estimate of drug-likeness (QED) is 0.663. The molecule has 1 aromatic carbocycles. The van der Waals surface area contributed by atoms with E-state index in [1.54, 1.807) is 0 Å².